The van der Waals surface area contributed by atoms with E-state index in [9.17, 15) is 4.79 Å². The monoisotopic (exact) mass is 307 g/mol. The standard InChI is InChI=1S/C20H21NO2/c1-3-13-14-8-4-5-10-17(14)23-18(13)11-15-19-12(2)7-6-9-16(19)21-20(15)22/h6-7,9,11H,3-5,8,10H2,1-2H3,(H,21,22). The van der Waals surface area contributed by atoms with E-state index < -0.39 is 0 Å². The Kier molecular flexibility index (Phi) is 3.37. The van der Waals surface area contributed by atoms with Crippen molar-refractivity contribution >= 4 is 23.2 Å². The van der Waals surface area contributed by atoms with Gasteiger partial charge in [-0.3, -0.25) is 4.79 Å². The van der Waals surface area contributed by atoms with E-state index in [1.165, 1.54) is 24.0 Å². The minimum Gasteiger partial charge on any atom is -0.461 e. The Morgan fingerprint density at radius 1 is 1.26 bits per heavy atom. The first-order valence-corrected chi connectivity index (χ1v) is 8.45. The van der Waals surface area contributed by atoms with E-state index in [1.807, 2.05) is 31.2 Å². The Hall–Kier alpha value is -2.29. The maximum atomic E-state index is 12.4. The summed E-state index contributed by atoms with van der Waals surface area (Å²) >= 11 is 0. The number of carbonyl (C=O) groups excluding carboxylic acids is 1. The summed E-state index contributed by atoms with van der Waals surface area (Å²) in [6, 6.07) is 5.97. The summed E-state index contributed by atoms with van der Waals surface area (Å²) in [5.41, 5.74) is 6.40. The van der Waals surface area contributed by atoms with Gasteiger partial charge in [0.2, 0.25) is 0 Å². The van der Waals surface area contributed by atoms with Crippen LogP contribution in [0.5, 0.6) is 0 Å². The number of furan rings is 1. The molecule has 4 rings (SSSR count). The molecule has 1 amide bonds. The molecule has 23 heavy (non-hydrogen) atoms. The highest BCUT2D eigenvalue weighted by atomic mass is 16.3. The third-order valence-corrected chi connectivity index (χ3v) is 4.98. The third-order valence-electron chi connectivity index (χ3n) is 4.98. The molecule has 0 radical (unpaired) electrons. The van der Waals surface area contributed by atoms with E-state index in [2.05, 4.69) is 12.2 Å². The van der Waals surface area contributed by atoms with Crippen molar-refractivity contribution in [1.82, 2.24) is 0 Å². The molecule has 118 valence electrons. The molecule has 3 heteroatoms. The fourth-order valence-corrected chi connectivity index (χ4v) is 3.86. The largest absolute Gasteiger partial charge is 0.461 e. The number of fused-ring (bicyclic) bond motifs is 2. The van der Waals surface area contributed by atoms with Crippen molar-refractivity contribution in [3.63, 3.8) is 0 Å². The van der Waals surface area contributed by atoms with Gasteiger partial charge in [-0.05, 0) is 55.9 Å². The molecule has 0 saturated carbocycles. The van der Waals surface area contributed by atoms with Crippen molar-refractivity contribution in [3.05, 3.63) is 52.0 Å². The average Bonchev–Trinajstić information content (AvgIpc) is 3.06. The summed E-state index contributed by atoms with van der Waals surface area (Å²) in [7, 11) is 0. The second kappa shape index (κ2) is 5.41. The van der Waals surface area contributed by atoms with Crippen molar-refractivity contribution in [3.8, 4) is 0 Å². The van der Waals surface area contributed by atoms with Crippen LogP contribution in [-0.4, -0.2) is 5.91 Å². The van der Waals surface area contributed by atoms with E-state index in [0.717, 1.165) is 53.2 Å². The summed E-state index contributed by atoms with van der Waals surface area (Å²) in [5.74, 6) is 1.97. The van der Waals surface area contributed by atoms with Crippen LogP contribution in [-0.2, 0) is 24.1 Å². The highest BCUT2D eigenvalue weighted by Gasteiger charge is 2.27. The van der Waals surface area contributed by atoms with Crippen LogP contribution in [0.25, 0.3) is 11.6 Å². The first kappa shape index (κ1) is 14.3. The zero-order chi connectivity index (χ0) is 16.0. The van der Waals surface area contributed by atoms with E-state index >= 15 is 0 Å². The minimum atomic E-state index is -0.0364. The molecule has 1 aromatic heterocycles. The first-order valence-electron chi connectivity index (χ1n) is 8.45. The predicted octanol–water partition coefficient (Wildman–Crippen LogP) is 4.52. The fraction of sp³-hybridized carbons (Fsp3) is 0.350. The fourth-order valence-electron chi connectivity index (χ4n) is 3.86. The number of rotatable bonds is 2. The zero-order valence-electron chi connectivity index (χ0n) is 13.7. The molecule has 0 unspecified atom stereocenters. The second-order valence-electron chi connectivity index (χ2n) is 6.42. The lowest BCUT2D eigenvalue weighted by Crippen LogP contribution is -2.03. The Morgan fingerprint density at radius 3 is 2.91 bits per heavy atom. The van der Waals surface area contributed by atoms with Crippen LogP contribution < -0.4 is 5.32 Å². The molecule has 0 atom stereocenters. The number of nitrogens with one attached hydrogen (secondary N) is 1. The van der Waals surface area contributed by atoms with Gasteiger partial charge in [0, 0.05) is 23.2 Å². The minimum absolute atomic E-state index is 0.0364. The summed E-state index contributed by atoms with van der Waals surface area (Å²) in [5, 5.41) is 2.96. The van der Waals surface area contributed by atoms with Crippen molar-refractivity contribution in [1.29, 1.82) is 0 Å². The summed E-state index contributed by atoms with van der Waals surface area (Å²) < 4.78 is 6.14. The second-order valence-corrected chi connectivity index (χ2v) is 6.42. The van der Waals surface area contributed by atoms with Crippen LogP contribution >= 0.6 is 0 Å². The van der Waals surface area contributed by atoms with Gasteiger partial charge in [-0.15, -0.1) is 0 Å². The van der Waals surface area contributed by atoms with Crippen LogP contribution in [0.4, 0.5) is 5.69 Å². The third kappa shape index (κ3) is 2.23. The highest BCUT2D eigenvalue weighted by molar-refractivity contribution is 6.35. The Labute approximate surface area is 136 Å². The van der Waals surface area contributed by atoms with Crippen LogP contribution in [0.3, 0.4) is 0 Å². The maximum absolute atomic E-state index is 12.4. The summed E-state index contributed by atoms with van der Waals surface area (Å²) in [6.07, 6.45) is 7.45. The number of carbonyl (C=O) groups is 1. The van der Waals surface area contributed by atoms with Gasteiger partial charge in [-0.2, -0.15) is 0 Å². The van der Waals surface area contributed by atoms with Crippen molar-refractivity contribution in [2.24, 2.45) is 0 Å². The number of anilines is 1. The zero-order valence-corrected chi connectivity index (χ0v) is 13.7. The number of benzene rings is 1. The first-order chi connectivity index (χ1) is 11.2. The predicted molar refractivity (Wildman–Crippen MR) is 92.4 cm³/mol. The molecular formula is C20H21NO2. The van der Waals surface area contributed by atoms with E-state index in [1.54, 1.807) is 0 Å². The lowest BCUT2D eigenvalue weighted by Gasteiger charge is -2.09. The van der Waals surface area contributed by atoms with Crippen LogP contribution in [0.1, 0.15) is 53.5 Å². The van der Waals surface area contributed by atoms with E-state index in [-0.39, 0.29) is 5.91 Å². The molecule has 0 fully saturated rings. The number of hydrogen-bond acceptors (Lipinski definition) is 2. The van der Waals surface area contributed by atoms with Crippen LogP contribution in [0.15, 0.2) is 22.6 Å². The van der Waals surface area contributed by atoms with E-state index in [0.29, 0.717) is 0 Å². The maximum Gasteiger partial charge on any atom is 0.256 e. The van der Waals surface area contributed by atoms with Crippen LogP contribution in [0, 0.1) is 6.92 Å². The van der Waals surface area contributed by atoms with Gasteiger partial charge < -0.3 is 9.73 Å². The summed E-state index contributed by atoms with van der Waals surface area (Å²) in [4.78, 5) is 12.4. The van der Waals surface area contributed by atoms with Gasteiger partial charge in [0.1, 0.15) is 11.5 Å². The molecule has 1 aliphatic carbocycles. The number of hydrogen-bond donors (Lipinski definition) is 1. The van der Waals surface area contributed by atoms with E-state index in [4.69, 9.17) is 4.42 Å². The Balaban J connectivity index is 1.86. The molecule has 3 nitrogen and oxygen atoms in total. The smallest absolute Gasteiger partial charge is 0.256 e. The van der Waals surface area contributed by atoms with Gasteiger partial charge >= 0.3 is 0 Å². The molecular weight excluding hydrogens is 286 g/mol. The van der Waals surface area contributed by atoms with Crippen molar-refractivity contribution in [2.45, 2.75) is 46.0 Å². The van der Waals surface area contributed by atoms with Gasteiger partial charge in [0.25, 0.3) is 5.91 Å². The molecule has 1 N–H and O–H groups in total. The summed E-state index contributed by atoms with van der Waals surface area (Å²) in [6.45, 7) is 4.20. The Morgan fingerprint density at radius 2 is 2.09 bits per heavy atom. The lowest BCUT2D eigenvalue weighted by atomic mass is 9.93. The molecule has 2 aliphatic rings. The topological polar surface area (TPSA) is 42.2 Å². The van der Waals surface area contributed by atoms with Gasteiger partial charge in [-0.1, -0.05) is 19.1 Å². The molecule has 0 bridgehead atoms. The molecule has 0 spiro atoms. The normalized spacial score (nSPS) is 18.0. The van der Waals surface area contributed by atoms with Gasteiger partial charge in [0.05, 0.1) is 5.57 Å². The Bertz CT molecular complexity index is 826. The van der Waals surface area contributed by atoms with Gasteiger partial charge in [-0.25, -0.2) is 0 Å². The number of amides is 1. The van der Waals surface area contributed by atoms with Crippen LogP contribution in [0.2, 0.25) is 0 Å². The molecule has 1 aromatic carbocycles. The lowest BCUT2D eigenvalue weighted by molar-refractivity contribution is -0.110. The highest BCUT2D eigenvalue weighted by Crippen LogP contribution is 2.38. The van der Waals surface area contributed by atoms with Crippen molar-refractivity contribution < 1.29 is 9.21 Å². The number of aryl methyl sites for hydroxylation is 2. The SMILES string of the molecule is CCc1c(C=C2C(=O)Nc3cccc(C)c32)oc2c1CCCC2. The average molecular weight is 307 g/mol. The molecule has 0 saturated heterocycles. The molecule has 2 heterocycles. The molecule has 2 aromatic rings. The van der Waals surface area contributed by atoms with Gasteiger partial charge in [0.15, 0.2) is 0 Å². The quantitative estimate of drug-likeness (QED) is 0.829. The molecule has 1 aliphatic heterocycles. The van der Waals surface area contributed by atoms with Crippen molar-refractivity contribution in [2.75, 3.05) is 5.32 Å².